The number of hydrogen-bond acceptors (Lipinski definition) is 7. The van der Waals surface area contributed by atoms with Crippen molar-refractivity contribution >= 4 is 45.2 Å². The van der Waals surface area contributed by atoms with E-state index in [-0.39, 0.29) is 24.3 Å². The number of thioether (sulfide) groups is 1. The van der Waals surface area contributed by atoms with Crippen molar-refractivity contribution in [2.45, 2.75) is 31.5 Å². The van der Waals surface area contributed by atoms with E-state index in [0.29, 0.717) is 6.54 Å². The van der Waals surface area contributed by atoms with Crippen molar-refractivity contribution in [3.8, 4) is 0 Å². The van der Waals surface area contributed by atoms with Crippen molar-refractivity contribution in [1.29, 1.82) is 0 Å². The van der Waals surface area contributed by atoms with Crippen LogP contribution in [0.1, 0.15) is 19.4 Å². The van der Waals surface area contributed by atoms with Crippen molar-refractivity contribution in [2.75, 3.05) is 12.4 Å². The molecule has 2 aromatic heterocycles. The average molecular weight is 416 g/mol. The summed E-state index contributed by atoms with van der Waals surface area (Å²) >= 11 is 2.81. The molecule has 0 saturated heterocycles. The van der Waals surface area contributed by atoms with Gasteiger partial charge in [0, 0.05) is 18.0 Å². The molecule has 0 bridgehead atoms. The third-order valence-corrected chi connectivity index (χ3v) is 5.85. The summed E-state index contributed by atoms with van der Waals surface area (Å²) in [5.41, 5.74) is 1.04. The topological polar surface area (TPSA) is 72.4 Å². The summed E-state index contributed by atoms with van der Waals surface area (Å²) in [5, 5.41) is 3.60. The second kappa shape index (κ2) is 9.66. The van der Waals surface area contributed by atoms with Crippen LogP contribution in [-0.4, -0.2) is 45.1 Å². The Morgan fingerprint density at radius 2 is 1.96 bits per heavy atom. The summed E-state index contributed by atoms with van der Waals surface area (Å²) in [4.78, 5) is 35.6. The Bertz CT molecular complexity index is 944. The molecule has 28 heavy (non-hydrogen) atoms. The Balaban J connectivity index is 1.51. The molecule has 6 nitrogen and oxygen atoms in total. The van der Waals surface area contributed by atoms with Crippen LogP contribution in [0.3, 0.4) is 0 Å². The summed E-state index contributed by atoms with van der Waals surface area (Å²) in [7, 11) is 0. The van der Waals surface area contributed by atoms with E-state index in [1.165, 1.54) is 29.4 Å². The van der Waals surface area contributed by atoms with Crippen LogP contribution in [-0.2, 0) is 20.9 Å². The summed E-state index contributed by atoms with van der Waals surface area (Å²) in [6, 6.07) is 11.7. The number of carbonyl (C=O) groups excluding carboxylic acids is 2. The third kappa shape index (κ3) is 5.30. The van der Waals surface area contributed by atoms with Crippen LogP contribution in [0.4, 0.5) is 0 Å². The maximum atomic E-state index is 12.5. The molecule has 0 atom stereocenters. The van der Waals surface area contributed by atoms with Crippen LogP contribution < -0.4 is 0 Å². The van der Waals surface area contributed by atoms with Gasteiger partial charge in [0.05, 0.1) is 5.75 Å². The number of thiophene rings is 1. The van der Waals surface area contributed by atoms with Crippen LogP contribution in [0.15, 0.2) is 53.1 Å². The average Bonchev–Trinajstić information content (AvgIpc) is 3.18. The van der Waals surface area contributed by atoms with E-state index in [0.717, 1.165) is 20.8 Å². The van der Waals surface area contributed by atoms with Gasteiger partial charge in [-0.05, 0) is 30.9 Å². The number of rotatable bonds is 8. The van der Waals surface area contributed by atoms with Crippen molar-refractivity contribution in [3.63, 3.8) is 0 Å². The van der Waals surface area contributed by atoms with Crippen LogP contribution in [0.25, 0.3) is 10.2 Å². The Kier molecular flexibility index (Phi) is 7.00. The molecule has 0 unspecified atom stereocenters. The minimum absolute atomic E-state index is 0.00803. The molecule has 3 rings (SSSR count). The highest BCUT2D eigenvalue weighted by atomic mass is 32.2. The fraction of sp³-hybridized carbons (Fsp3) is 0.300. The van der Waals surface area contributed by atoms with Gasteiger partial charge in [0.25, 0.3) is 5.91 Å². The number of nitrogens with zero attached hydrogens (tertiary/aromatic N) is 3. The monoisotopic (exact) mass is 415 g/mol. The van der Waals surface area contributed by atoms with Crippen molar-refractivity contribution in [3.05, 3.63) is 53.7 Å². The number of benzene rings is 1. The van der Waals surface area contributed by atoms with Gasteiger partial charge in [-0.15, -0.1) is 11.3 Å². The zero-order chi connectivity index (χ0) is 19.9. The molecule has 1 amide bonds. The summed E-state index contributed by atoms with van der Waals surface area (Å²) < 4.78 is 5.20. The molecule has 0 aliphatic heterocycles. The zero-order valence-corrected chi connectivity index (χ0v) is 17.3. The SMILES string of the molecule is CC(C)N(Cc1ccccc1)C(=O)COC(=O)CSc1ncnc2sccc12. The molecule has 0 aliphatic rings. The molecule has 0 fully saturated rings. The van der Waals surface area contributed by atoms with E-state index in [1.54, 1.807) is 4.90 Å². The molecular formula is C20H21N3O3S2. The number of amides is 1. The van der Waals surface area contributed by atoms with Crippen LogP contribution >= 0.6 is 23.1 Å². The minimum Gasteiger partial charge on any atom is -0.455 e. The second-order valence-corrected chi connectivity index (χ2v) is 8.23. The van der Waals surface area contributed by atoms with Crippen LogP contribution in [0.2, 0.25) is 0 Å². The van der Waals surface area contributed by atoms with Gasteiger partial charge in [-0.1, -0.05) is 42.1 Å². The predicted octanol–water partition coefficient (Wildman–Crippen LogP) is 3.76. The summed E-state index contributed by atoms with van der Waals surface area (Å²) in [6.45, 7) is 4.11. The van der Waals surface area contributed by atoms with E-state index in [1.807, 2.05) is 55.6 Å². The van der Waals surface area contributed by atoms with E-state index in [4.69, 9.17) is 4.74 Å². The first-order valence-corrected chi connectivity index (χ1v) is 10.7. The molecular weight excluding hydrogens is 394 g/mol. The molecule has 1 aromatic carbocycles. The third-order valence-electron chi connectivity index (χ3n) is 4.05. The standard InChI is InChI=1S/C20H21N3O3S2/c1-14(2)23(10-15-6-4-3-5-7-15)17(24)11-26-18(25)12-28-20-16-8-9-27-19(16)21-13-22-20/h3-9,13-14H,10-12H2,1-2H3. The lowest BCUT2D eigenvalue weighted by Crippen LogP contribution is -2.39. The van der Waals surface area contributed by atoms with Gasteiger partial charge in [0.2, 0.25) is 0 Å². The summed E-state index contributed by atoms with van der Waals surface area (Å²) in [5.74, 6) is -0.557. The Morgan fingerprint density at radius 3 is 2.71 bits per heavy atom. The number of carbonyl (C=O) groups is 2. The lowest BCUT2D eigenvalue weighted by atomic mass is 10.2. The van der Waals surface area contributed by atoms with Gasteiger partial charge in [-0.2, -0.15) is 0 Å². The molecule has 0 saturated carbocycles. The first kappa shape index (κ1) is 20.3. The first-order chi connectivity index (χ1) is 13.5. The lowest BCUT2D eigenvalue weighted by Gasteiger charge is -2.26. The van der Waals surface area contributed by atoms with Gasteiger partial charge in [-0.25, -0.2) is 9.97 Å². The molecule has 0 spiro atoms. The maximum Gasteiger partial charge on any atom is 0.316 e. The first-order valence-electron chi connectivity index (χ1n) is 8.84. The fourth-order valence-corrected chi connectivity index (χ4v) is 4.19. The highest BCUT2D eigenvalue weighted by Gasteiger charge is 2.19. The predicted molar refractivity (Wildman–Crippen MR) is 111 cm³/mol. The van der Waals surface area contributed by atoms with Gasteiger partial charge in [0.15, 0.2) is 6.61 Å². The van der Waals surface area contributed by atoms with E-state index in [2.05, 4.69) is 9.97 Å². The molecule has 0 radical (unpaired) electrons. The molecule has 0 aliphatic carbocycles. The number of esters is 1. The van der Waals surface area contributed by atoms with Gasteiger partial charge >= 0.3 is 5.97 Å². The fourth-order valence-electron chi connectivity index (χ4n) is 2.62. The highest BCUT2D eigenvalue weighted by Crippen LogP contribution is 2.27. The minimum atomic E-state index is -0.441. The molecule has 8 heteroatoms. The molecule has 0 N–H and O–H groups in total. The molecule has 2 heterocycles. The maximum absolute atomic E-state index is 12.5. The largest absolute Gasteiger partial charge is 0.455 e. The number of aromatic nitrogens is 2. The zero-order valence-electron chi connectivity index (χ0n) is 15.7. The summed E-state index contributed by atoms with van der Waals surface area (Å²) in [6.07, 6.45) is 1.49. The van der Waals surface area contributed by atoms with E-state index < -0.39 is 5.97 Å². The van der Waals surface area contributed by atoms with Crippen LogP contribution in [0, 0.1) is 0 Å². The lowest BCUT2D eigenvalue weighted by molar-refractivity contribution is -0.151. The Hall–Kier alpha value is -2.45. The van der Waals surface area contributed by atoms with Crippen molar-refractivity contribution in [2.24, 2.45) is 0 Å². The number of hydrogen-bond donors (Lipinski definition) is 0. The highest BCUT2D eigenvalue weighted by molar-refractivity contribution is 8.00. The smallest absolute Gasteiger partial charge is 0.316 e. The Morgan fingerprint density at radius 1 is 1.18 bits per heavy atom. The molecule has 3 aromatic rings. The number of ether oxygens (including phenoxy) is 1. The van der Waals surface area contributed by atoms with Gasteiger partial charge in [-0.3, -0.25) is 9.59 Å². The number of fused-ring (bicyclic) bond motifs is 1. The Labute approximate surface area is 171 Å². The van der Waals surface area contributed by atoms with Crippen molar-refractivity contribution < 1.29 is 14.3 Å². The van der Waals surface area contributed by atoms with Gasteiger partial charge < -0.3 is 9.64 Å². The van der Waals surface area contributed by atoms with Crippen LogP contribution in [0.5, 0.6) is 0 Å². The van der Waals surface area contributed by atoms with E-state index in [9.17, 15) is 9.59 Å². The second-order valence-electron chi connectivity index (χ2n) is 6.37. The van der Waals surface area contributed by atoms with E-state index >= 15 is 0 Å². The quantitative estimate of drug-likeness (QED) is 0.317. The van der Waals surface area contributed by atoms with Gasteiger partial charge in [0.1, 0.15) is 16.2 Å². The van der Waals surface area contributed by atoms with Crippen molar-refractivity contribution in [1.82, 2.24) is 14.9 Å². The normalized spacial score (nSPS) is 11.0. The molecule has 146 valence electrons.